The van der Waals surface area contributed by atoms with E-state index in [0.29, 0.717) is 45.2 Å². The molecule has 0 bridgehead atoms. The fourth-order valence-corrected chi connectivity index (χ4v) is 2.68. The van der Waals surface area contributed by atoms with Crippen LogP contribution in [0, 0.1) is 6.92 Å². The Hall–Kier alpha value is -2.54. The maximum atomic E-state index is 12.1. The molecule has 0 spiro atoms. The minimum Gasteiger partial charge on any atom is -0.497 e. The molecular weight excluding hydrogens is 322 g/mol. The number of carbonyl (C=O) groups is 1. The van der Waals surface area contributed by atoms with Gasteiger partial charge in [-0.25, -0.2) is 9.78 Å². The number of hydrogen-bond acceptors (Lipinski definition) is 5. The van der Waals surface area contributed by atoms with Crippen LogP contribution in [0.3, 0.4) is 0 Å². The summed E-state index contributed by atoms with van der Waals surface area (Å²) in [5, 5.41) is 2.93. The molecule has 0 saturated carbocycles. The first-order valence-corrected chi connectivity index (χ1v) is 8.38. The van der Waals surface area contributed by atoms with Crippen molar-refractivity contribution in [2.45, 2.75) is 13.3 Å². The van der Waals surface area contributed by atoms with Gasteiger partial charge >= 0.3 is 6.03 Å². The lowest BCUT2D eigenvalue weighted by Gasteiger charge is -2.26. The second-order valence-corrected chi connectivity index (χ2v) is 5.83. The molecule has 1 aliphatic rings. The SMILES string of the molecule is COc1ccc(-c2nc(CCNC(=O)N3CCOCC3)c(C)o2)cc1. The Balaban J connectivity index is 1.56. The van der Waals surface area contributed by atoms with Crippen LogP contribution in [0.15, 0.2) is 28.7 Å². The summed E-state index contributed by atoms with van der Waals surface area (Å²) in [5.74, 6) is 2.14. The highest BCUT2D eigenvalue weighted by molar-refractivity contribution is 5.74. The number of carbonyl (C=O) groups excluding carboxylic acids is 1. The summed E-state index contributed by atoms with van der Waals surface area (Å²) in [6.07, 6.45) is 0.627. The van der Waals surface area contributed by atoms with Crippen LogP contribution < -0.4 is 10.1 Å². The first kappa shape index (κ1) is 17.3. The highest BCUT2D eigenvalue weighted by Crippen LogP contribution is 2.24. The van der Waals surface area contributed by atoms with Crippen molar-refractivity contribution in [2.75, 3.05) is 40.0 Å². The number of benzene rings is 1. The number of oxazole rings is 1. The molecule has 1 saturated heterocycles. The van der Waals surface area contributed by atoms with Gasteiger partial charge in [-0.3, -0.25) is 0 Å². The smallest absolute Gasteiger partial charge is 0.317 e. The third-order valence-electron chi connectivity index (χ3n) is 4.17. The van der Waals surface area contributed by atoms with Gasteiger partial charge in [0.05, 0.1) is 26.0 Å². The molecule has 1 aromatic carbocycles. The monoisotopic (exact) mass is 345 g/mol. The summed E-state index contributed by atoms with van der Waals surface area (Å²) in [7, 11) is 1.63. The van der Waals surface area contributed by atoms with Crippen molar-refractivity contribution in [1.82, 2.24) is 15.2 Å². The standard InChI is InChI=1S/C18H23N3O4/c1-13-16(7-8-19-18(22)21-9-11-24-12-10-21)20-17(25-13)14-3-5-15(23-2)6-4-14/h3-6H,7-12H2,1-2H3,(H,19,22). The minimum absolute atomic E-state index is 0.0557. The third kappa shape index (κ3) is 4.30. The molecule has 1 aliphatic heterocycles. The number of aryl methyl sites for hydroxylation is 1. The Morgan fingerprint density at radius 1 is 1.28 bits per heavy atom. The molecule has 1 N–H and O–H groups in total. The van der Waals surface area contributed by atoms with E-state index in [4.69, 9.17) is 13.9 Å². The maximum absolute atomic E-state index is 12.1. The van der Waals surface area contributed by atoms with Crippen LogP contribution >= 0.6 is 0 Å². The zero-order valence-electron chi connectivity index (χ0n) is 14.6. The summed E-state index contributed by atoms with van der Waals surface area (Å²) in [6.45, 7) is 4.87. The number of nitrogens with zero attached hydrogens (tertiary/aromatic N) is 2. The van der Waals surface area contributed by atoms with Crippen LogP contribution in [-0.2, 0) is 11.2 Å². The normalized spacial score (nSPS) is 14.4. The fraction of sp³-hybridized carbons (Fsp3) is 0.444. The van der Waals surface area contributed by atoms with Gasteiger partial charge in [0, 0.05) is 31.6 Å². The number of rotatable bonds is 5. The topological polar surface area (TPSA) is 76.8 Å². The predicted molar refractivity (Wildman–Crippen MR) is 92.7 cm³/mol. The Bertz CT molecular complexity index is 706. The molecule has 0 radical (unpaired) electrons. The maximum Gasteiger partial charge on any atom is 0.317 e. The van der Waals surface area contributed by atoms with Crippen LogP contribution in [0.4, 0.5) is 4.79 Å². The van der Waals surface area contributed by atoms with Gasteiger partial charge < -0.3 is 24.1 Å². The van der Waals surface area contributed by atoms with E-state index in [9.17, 15) is 4.79 Å². The van der Waals surface area contributed by atoms with E-state index in [2.05, 4.69) is 10.3 Å². The average Bonchev–Trinajstić information content (AvgIpc) is 3.03. The number of morpholine rings is 1. The van der Waals surface area contributed by atoms with Crippen molar-refractivity contribution in [2.24, 2.45) is 0 Å². The molecular formula is C18H23N3O4. The van der Waals surface area contributed by atoms with Crippen molar-refractivity contribution in [3.8, 4) is 17.2 Å². The number of hydrogen-bond donors (Lipinski definition) is 1. The Morgan fingerprint density at radius 3 is 2.68 bits per heavy atom. The second-order valence-electron chi connectivity index (χ2n) is 5.83. The van der Waals surface area contributed by atoms with Crippen molar-refractivity contribution in [3.05, 3.63) is 35.7 Å². The van der Waals surface area contributed by atoms with Crippen molar-refractivity contribution in [1.29, 1.82) is 0 Å². The lowest BCUT2D eigenvalue weighted by molar-refractivity contribution is 0.0533. The van der Waals surface area contributed by atoms with Gasteiger partial charge in [-0.15, -0.1) is 0 Å². The van der Waals surface area contributed by atoms with E-state index in [0.717, 1.165) is 22.8 Å². The second kappa shape index (κ2) is 8.02. The van der Waals surface area contributed by atoms with Crippen LogP contribution in [-0.4, -0.2) is 55.9 Å². The molecule has 134 valence electrons. The number of ether oxygens (including phenoxy) is 2. The Labute approximate surface area is 146 Å². The third-order valence-corrected chi connectivity index (χ3v) is 4.17. The van der Waals surface area contributed by atoms with Crippen LogP contribution in [0.1, 0.15) is 11.5 Å². The highest BCUT2D eigenvalue weighted by Gasteiger charge is 2.17. The zero-order valence-corrected chi connectivity index (χ0v) is 14.6. The molecule has 7 heteroatoms. The lowest BCUT2D eigenvalue weighted by atomic mass is 10.2. The number of nitrogens with one attached hydrogen (secondary N) is 1. The lowest BCUT2D eigenvalue weighted by Crippen LogP contribution is -2.46. The molecule has 1 fully saturated rings. The molecule has 25 heavy (non-hydrogen) atoms. The quantitative estimate of drug-likeness (QED) is 0.899. The van der Waals surface area contributed by atoms with Crippen molar-refractivity contribution < 1.29 is 18.7 Å². The van der Waals surface area contributed by atoms with E-state index >= 15 is 0 Å². The fourth-order valence-electron chi connectivity index (χ4n) is 2.68. The molecule has 1 aromatic heterocycles. The van der Waals surface area contributed by atoms with Gasteiger partial charge in [0.25, 0.3) is 0 Å². The summed E-state index contributed by atoms with van der Waals surface area (Å²) < 4.78 is 16.2. The highest BCUT2D eigenvalue weighted by atomic mass is 16.5. The van der Waals surface area contributed by atoms with Crippen LogP contribution in [0.5, 0.6) is 5.75 Å². The zero-order chi connectivity index (χ0) is 17.6. The van der Waals surface area contributed by atoms with E-state index in [-0.39, 0.29) is 6.03 Å². The van der Waals surface area contributed by atoms with Gasteiger partial charge in [0.15, 0.2) is 0 Å². The minimum atomic E-state index is -0.0557. The van der Waals surface area contributed by atoms with Gasteiger partial charge in [0.1, 0.15) is 11.5 Å². The van der Waals surface area contributed by atoms with Crippen molar-refractivity contribution in [3.63, 3.8) is 0 Å². The summed E-state index contributed by atoms with van der Waals surface area (Å²) in [6, 6.07) is 7.51. The van der Waals surface area contributed by atoms with Gasteiger partial charge in [0.2, 0.25) is 5.89 Å². The summed E-state index contributed by atoms with van der Waals surface area (Å²) in [4.78, 5) is 18.4. The first-order chi connectivity index (χ1) is 12.2. The molecule has 0 aliphatic carbocycles. The van der Waals surface area contributed by atoms with Gasteiger partial charge in [-0.05, 0) is 31.2 Å². The van der Waals surface area contributed by atoms with E-state index in [1.165, 1.54) is 0 Å². The number of amides is 2. The number of urea groups is 1. The number of methoxy groups -OCH3 is 1. The molecule has 3 rings (SSSR count). The van der Waals surface area contributed by atoms with E-state index < -0.39 is 0 Å². The summed E-state index contributed by atoms with van der Waals surface area (Å²) in [5.41, 5.74) is 1.75. The van der Waals surface area contributed by atoms with Crippen molar-refractivity contribution >= 4 is 6.03 Å². The van der Waals surface area contributed by atoms with Gasteiger partial charge in [-0.2, -0.15) is 0 Å². The van der Waals surface area contributed by atoms with E-state index in [1.807, 2.05) is 31.2 Å². The number of aromatic nitrogens is 1. The molecule has 2 aromatic rings. The molecule has 2 amide bonds. The first-order valence-electron chi connectivity index (χ1n) is 8.38. The predicted octanol–water partition coefficient (Wildman–Crippen LogP) is 2.24. The molecule has 0 atom stereocenters. The van der Waals surface area contributed by atoms with E-state index in [1.54, 1.807) is 12.0 Å². The van der Waals surface area contributed by atoms with Crippen LogP contribution in [0.2, 0.25) is 0 Å². The molecule has 0 unspecified atom stereocenters. The largest absolute Gasteiger partial charge is 0.497 e. The Morgan fingerprint density at radius 2 is 2.00 bits per heavy atom. The van der Waals surface area contributed by atoms with Gasteiger partial charge in [-0.1, -0.05) is 0 Å². The Kier molecular flexibility index (Phi) is 5.55. The van der Waals surface area contributed by atoms with Crippen LogP contribution in [0.25, 0.3) is 11.5 Å². The average molecular weight is 345 g/mol. The summed E-state index contributed by atoms with van der Waals surface area (Å²) >= 11 is 0. The molecule has 2 heterocycles. The molecule has 7 nitrogen and oxygen atoms in total.